The van der Waals surface area contributed by atoms with Gasteiger partial charge in [0.25, 0.3) is 0 Å². The van der Waals surface area contributed by atoms with Crippen LogP contribution in [0.25, 0.3) is 0 Å². The number of benzene rings is 1. The lowest BCUT2D eigenvalue weighted by Gasteiger charge is -2.22. The molecule has 0 aromatic heterocycles. The molecule has 2 aliphatic heterocycles. The van der Waals surface area contributed by atoms with Crippen LogP contribution >= 0.6 is 0 Å². The van der Waals surface area contributed by atoms with Crippen molar-refractivity contribution in [2.45, 2.75) is 25.1 Å². The molecule has 0 N–H and O–H groups in total. The van der Waals surface area contributed by atoms with Gasteiger partial charge in [0.15, 0.2) is 5.92 Å². The van der Waals surface area contributed by atoms with Gasteiger partial charge in [0.05, 0.1) is 12.1 Å². The Morgan fingerprint density at radius 3 is 2.89 bits per heavy atom. The highest BCUT2D eigenvalue weighted by molar-refractivity contribution is 5.85. The van der Waals surface area contributed by atoms with Crippen molar-refractivity contribution < 1.29 is 9.53 Å². The van der Waals surface area contributed by atoms with E-state index in [9.17, 15) is 4.79 Å². The SMILES string of the molecule is N#CC1C(=O)N(Cc2ccccc2)[C@@H]2CCO[C@H]12. The largest absolute Gasteiger partial charge is 0.374 e. The first-order valence-electron chi connectivity index (χ1n) is 6.17. The van der Waals surface area contributed by atoms with E-state index in [0.29, 0.717) is 13.2 Å². The Balaban J connectivity index is 1.84. The third-order valence-electron chi connectivity index (χ3n) is 3.72. The molecule has 1 aromatic rings. The van der Waals surface area contributed by atoms with Crippen molar-refractivity contribution in [3.63, 3.8) is 0 Å². The molecule has 0 saturated carbocycles. The molecule has 3 rings (SSSR count). The predicted octanol–water partition coefficient (Wildman–Crippen LogP) is 1.33. The minimum atomic E-state index is -0.624. The van der Waals surface area contributed by atoms with Crippen LogP contribution in [0.5, 0.6) is 0 Å². The van der Waals surface area contributed by atoms with Crippen LogP contribution in [-0.4, -0.2) is 29.6 Å². The normalized spacial score (nSPS) is 30.3. The van der Waals surface area contributed by atoms with Crippen molar-refractivity contribution in [2.75, 3.05) is 6.61 Å². The fraction of sp³-hybridized carbons (Fsp3) is 0.429. The Bertz CT molecular complexity index is 494. The van der Waals surface area contributed by atoms with Crippen molar-refractivity contribution in [3.05, 3.63) is 35.9 Å². The topological polar surface area (TPSA) is 53.3 Å². The highest BCUT2D eigenvalue weighted by Gasteiger charge is 2.51. The van der Waals surface area contributed by atoms with Gasteiger partial charge in [0.2, 0.25) is 5.91 Å². The number of ether oxygens (including phenoxy) is 1. The molecule has 4 heteroatoms. The summed E-state index contributed by atoms with van der Waals surface area (Å²) in [4.78, 5) is 14.0. The molecular weight excluding hydrogens is 228 g/mol. The lowest BCUT2D eigenvalue weighted by molar-refractivity contribution is -0.132. The number of nitriles is 1. The molecule has 2 saturated heterocycles. The third kappa shape index (κ3) is 1.68. The van der Waals surface area contributed by atoms with Gasteiger partial charge in [-0.05, 0) is 12.0 Å². The van der Waals surface area contributed by atoms with Crippen LogP contribution in [0.15, 0.2) is 30.3 Å². The molecule has 2 aliphatic rings. The third-order valence-corrected chi connectivity index (χ3v) is 3.72. The number of rotatable bonds is 2. The number of nitrogens with zero attached hydrogens (tertiary/aromatic N) is 2. The van der Waals surface area contributed by atoms with Crippen LogP contribution in [0.2, 0.25) is 0 Å². The summed E-state index contributed by atoms with van der Waals surface area (Å²) in [6, 6.07) is 12.0. The smallest absolute Gasteiger partial charge is 0.243 e. The molecule has 1 unspecified atom stereocenters. The van der Waals surface area contributed by atoms with Gasteiger partial charge in [-0.3, -0.25) is 4.79 Å². The monoisotopic (exact) mass is 242 g/mol. The van der Waals surface area contributed by atoms with Crippen LogP contribution in [0.4, 0.5) is 0 Å². The number of carbonyl (C=O) groups excluding carboxylic acids is 1. The van der Waals surface area contributed by atoms with Crippen molar-refractivity contribution in [3.8, 4) is 6.07 Å². The van der Waals surface area contributed by atoms with Gasteiger partial charge in [0, 0.05) is 13.2 Å². The fourth-order valence-electron chi connectivity index (χ4n) is 2.84. The van der Waals surface area contributed by atoms with Crippen molar-refractivity contribution >= 4 is 5.91 Å². The second-order valence-electron chi connectivity index (χ2n) is 4.75. The van der Waals surface area contributed by atoms with E-state index >= 15 is 0 Å². The zero-order chi connectivity index (χ0) is 12.5. The predicted molar refractivity (Wildman–Crippen MR) is 64.2 cm³/mol. The summed E-state index contributed by atoms with van der Waals surface area (Å²) >= 11 is 0. The van der Waals surface area contributed by atoms with E-state index < -0.39 is 5.92 Å². The first kappa shape index (κ1) is 11.2. The van der Waals surface area contributed by atoms with Crippen molar-refractivity contribution in [1.29, 1.82) is 5.26 Å². The zero-order valence-corrected chi connectivity index (χ0v) is 9.95. The molecule has 2 fully saturated rings. The molecule has 4 nitrogen and oxygen atoms in total. The molecule has 0 bridgehead atoms. The Morgan fingerprint density at radius 2 is 2.17 bits per heavy atom. The first-order chi connectivity index (χ1) is 8.81. The zero-order valence-electron chi connectivity index (χ0n) is 9.95. The van der Waals surface area contributed by atoms with E-state index in [2.05, 4.69) is 6.07 Å². The van der Waals surface area contributed by atoms with E-state index in [-0.39, 0.29) is 18.1 Å². The van der Waals surface area contributed by atoms with Crippen molar-refractivity contribution in [1.82, 2.24) is 4.90 Å². The van der Waals surface area contributed by atoms with E-state index in [1.54, 1.807) is 4.90 Å². The fourth-order valence-corrected chi connectivity index (χ4v) is 2.84. The van der Waals surface area contributed by atoms with Gasteiger partial charge < -0.3 is 9.64 Å². The summed E-state index contributed by atoms with van der Waals surface area (Å²) in [5, 5.41) is 9.09. The molecule has 2 heterocycles. The van der Waals surface area contributed by atoms with Gasteiger partial charge in [-0.15, -0.1) is 0 Å². The number of carbonyl (C=O) groups is 1. The number of fused-ring (bicyclic) bond motifs is 1. The second kappa shape index (κ2) is 4.43. The number of amides is 1. The Morgan fingerprint density at radius 1 is 1.39 bits per heavy atom. The second-order valence-corrected chi connectivity index (χ2v) is 4.75. The average molecular weight is 242 g/mol. The standard InChI is InChI=1S/C14H14N2O2/c15-8-11-13-12(6-7-18-13)16(14(11)17)9-10-4-2-1-3-5-10/h1-5,11-13H,6-7,9H2/t11?,12-,13-/m1/s1. The summed E-state index contributed by atoms with van der Waals surface area (Å²) < 4.78 is 5.53. The molecular formula is C14H14N2O2. The van der Waals surface area contributed by atoms with Gasteiger partial charge in [-0.1, -0.05) is 30.3 Å². The Hall–Kier alpha value is -1.86. The molecule has 0 spiro atoms. The number of hydrogen-bond acceptors (Lipinski definition) is 3. The molecule has 0 aliphatic carbocycles. The highest BCUT2D eigenvalue weighted by atomic mass is 16.5. The van der Waals surface area contributed by atoms with Crippen LogP contribution in [0.3, 0.4) is 0 Å². The van der Waals surface area contributed by atoms with Gasteiger partial charge in [0.1, 0.15) is 6.10 Å². The van der Waals surface area contributed by atoms with Crippen molar-refractivity contribution in [2.24, 2.45) is 5.92 Å². The summed E-state index contributed by atoms with van der Waals surface area (Å²) in [7, 11) is 0. The maximum atomic E-state index is 12.2. The summed E-state index contributed by atoms with van der Waals surface area (Å²) in [6.07, 6.45) is 0.604. The van der Waals surface area contributed by atoms with Gasteiger partial charge in [-0.2, -0.15) is 5.26 Å². The maximum absolute atomic E-state index is 12.2. The van der Waals surface area contributed by atoms with Crippen LogP contribution in [0.1, 0.15) is 12.0 Å². The van der Waals surface area contributed by atoms with Crippen LogP contribution in [0, 0.1) is 17.2 Å². The lowest BCUT2D eigenvalue weighted by Crippen LogP contribution is -2.34. The number of likely N-dealkylation sites (tertiary alicyclic amines) is 1. The van der Waals surface area contributed by atoms with E-state index in [4.69, 9.17) is 10.00 Å². The number of hydrogen-bond donors (Lipinski definition) is 0. The Kier molecular flexibility index (Phi) is 2.77. The van der Waals surface area contributed by atoms with Crippen LogP contribution in [-0.2, 0) is 16.1 Å². The Labute approximate surface area is 106 Å². The van der Waals surface area contributed by atoms with E-state index in [1.807, 2.05) is 30.3 Å². The van der Waals surface area contributed by atoms with Crippen LogP contribution < -0.4 is 0 Å². The summed E-state index contributed by atoms with van der Waals surface area (Å²) in [5.74, 6) is -0.711. The molecule has 1 aromatic carbocycles. The minimum Gasteiger partial charge on any atom is -0.374 e. The average Bonchev–Trinajstić information content (AvgIpc) is 2.94. The van der Waals surface area contributed by atoms with Gasteiger partial charge in [-0.25, -0.2) is 0 Å². The molecule has 1 amide bonds. The minimum absolute atomic E-state index is 0.0716. The maximum Gasteiger partial charge on any atom is 0.243 e. The molecule has 0 radical (unpaired) electrons. The molecule has 18 heavy (non-hydrogen) atoms. The quantitative estimate of drug-likeness (QED) is 0.786. The molecule has 3 atom stereocenters. The van der Waals surface area contributed by atoms with E-state index in [1.165, 1.54) is 0 Å². The molecule has 92 valence electrons. The lowest BCUT2D eigenvalue weighted by atomic mass is 10.0. The van der Waals surface area contributed by atoms with Gasteiger partial charge >= 0.3 is 0 Å². The summed E-state index contributed by atoms with van der Waals surface area (Å²) in [5.41, 5.74) is 1.09. The first-order valence-corrected chi connectivity index (χ1v) is 6.17. The summed E-state index contributed by atoms with van der Waals surface area (Å²) in [6.45, 7) is 1.22. The highest BCUT2D eigenvalue weighted by Crippen LogP contribution is 2.35. The van der Waals surface area contributed by atoms with E-state index in [0.717, 1.165) is 12.0 Å².